The van der Waals surface area contributed by atoms with Crippen molar-refractivity contribution >= 4 is 11.5 Å². The molecule has 23 heavy (non-hydrogen) atoms. The minimum atomic E-state index is -0.471. The Bertz CT molecular complexity index is 701. The maximum atomic E-state index is 13.5. The highest BCUT2D eigenvalue weighted by atomic mass is 19.1. The molecule has 4 heteroatoms. The lowest BCUT2D eigenvalue weighted by atomic mass is 9.97. The van der Waals surface area contributed by atoms with Crippen LogP contribution >= 0.6 is 0 Å². The fourth-order valence-corrected chi connectivity index (χ4v) is 2.08. The van der Waals surface area contributed by atoms with Gasteiger partial charge in [-0.3, -0.25) is 0 Å². The monoisotopic (exact) mass is 314 g/mol. The number of ether oxygens (including phenoxy) is 1. The molecule has 0 fully saturated rings. The number of allylic oxidation sites excluding steroid dienone is 2. The van der Waals surface area contributed by atoms with E-state index in [0.29, 0.717) is 16.7 Å². The first kappa shape index (κ1) is 16.6. The van der Waals surface area contributed by atoms with Gasteiger partial charge in [0.25, 0.3) is 0 Å². The van der Waals surface area contributed by atoms with Gasteiger partial charge in [-0.15, -0.1) is 0 Å². The molecular weight excluding hydrogens is 298 g/mol. The van der Waals surface area contributed by atoms with Gasteiger partial charge in [0, 0.05) is 6.08 Å². The van der Waals surface area contributed by atoms with E-state index in [1.807, 2.05) is 0 Å². The molecule has 0 unspecified atom stereocenters. The zero-order chi connectivity index (χ0) is 16.7. The van der Waals surface area contributed by atoms with Gasteiger partial charge in [0.05, 0.1) is 6.61 Å². The number of rotatable bonds is 5. The average Bonchev–Trinajstić information content (AvgIpc) is 2.52. The first-order chi connectivity index (χ1) is 11.1. The van der Waals surface area contributed by atoms with Crippen LogP contribution in [0.2, 0.25) is 0 Å². The Morgan fingerprint density at radius 2 is 1.61 bits per heavy atom. The summed E-state index contributed by atoms with van der Waals surface area (Å²) in [5.74, 6) is -1.25. The Labute approximate surface area is 133 Å². The summed E-state index contributed by atoms with van der Waals surface area (Å²) < 4.78 is 31.8. The van der Waals surface area contributed by atoms with E-state index in [1.165, 1.54) is 36.4 Å². The predicted molar refractivity (Wildman–Crippen MR) is 85.7 cm³/mol. The topological polar surface area (TPSA) is 26.3 Å². The molecule has 0 atom stereocenters. The normalized spacial score (nSPS) is 10.6. The second kappa shape index (κ2) is 8.03. The zero-order valence-corrected chi connectivity index (χ0v) is 12.6. The lowest BCUT2D eigenvalue weighted by molar-refractivity contribution is -0.137. The Morgan fingerprint density at radius 1 is 1.04 bits per heavy atom. The van der Waals surface area contributed by atoms with Crippen LogP contribution in [-0.4, -0.2) is 12.6 Å². The number of benzene rings is 2. The summed E-state index contributed by atoms with van der Waals surface area (Å²) in [6.07, 6.45) is 4.39. The van der Waals surface area contributed by atoms with Crippen molar-refractivity contribution in [1.82, 2.24) is 0 Å². The Balaban J connectivity index is 2.41. The molecule has 0 bridgehead atoms. The van der Waals surface area contributed by atoms with Crippen LogP contribution < -0.4 is 0 Å². The maximum Gasteiger partial charge on any atom is 0.330 e. The average molecular weight is 314 g/mol. The van der Waals surface area contributed by atoms with E-state index < -0.39 is 5.97 Å². The summed E-state index contributed by atoms with van der Waals surface area (Å²) in [4.78, 5) is 11.3. The first-order valence-electron chi connectivity index (χ1n) is 7.17. The molecule has 0 saturated carbocycles. The molecule has 0 radical (unpaired) electrons. The van der Waals surface area contributed by atoms with Gasteiger partial charge >= 0.3 is 5.97 Å². The quantitative estimate of drug-likeness (QED) is 0.461. The number of esters is 1. The van der Waals surface area contributed by atoms with E-state index in [4.69, 9.17) is 4.74 Å². The van der Waals surface area contributed by atoms with Gasteiger partial charge in [0.2, 0.25) is 0 Å². The molecule has 0 aliphatic rings. The number of hydrogen-bond donors (Lipinski definition) is 0. The van der Waals surface area contributed by atoms with Crippen molar-refractivity contribution < 1.29 is 18.3 Å². The smallest absolute Gasteiger partial charge is 0.330 e. The van der Waals surface area contributed by atoms with Crippen LogP contribution in [0.4, 0.5) is 8.78 Å². The summed E-state index contributed by atoms with van der Waals surface area (Å²) in [5, 5.41) is 0. The van der Waals surface area contributed by atoms with E-state index in [-0.39, 0.29) is 18.2 Å². The molecule has 0 aliphatic carbocycles. The molecule has 2 rings (SSSR count). The van der Waals surface area contributed by atoms with Crippen molar-refractivity contribution in [2.24, 2.45) is 0 Å². The minimum Gasteiger partial charge on any atom is -0.463 e. The van der Waals surface area contributed by atoms with Gasteiger partial charge in [0.1, 0.15) is 11.6 Å². The highest BCUT2D eigenvalue weighted by Crippen LogP contribution is 2.24. The van der Waals surface area contributed by atoms with E-state index >= 15 is 0 Å². The second-order valence-electron chi connectivity index (χ2n) is 4.71. The molecule has 118 valence electrons. The standard InChI is InChI=1S/C19H16F2O2/c1-2-23-19(22)11-5-10-18(14-6-3-8-16(20)12-14)15-7-4-9-17(21)13-15/h3-13H,2H2,1H3/b11-5+. The van der Waals surface area contributed by atoms with Gasteiger partial charge < -0.3 is 4.74 Å². The van der Waals surface area contributed by atoms with Gasteiger partial charge in [-0.25, -0.2) is 13.6 Å². The van der Waals surface area contributed by atoms with Crippen molar-refractivity contribution in [1.29, 1.82) is 0 Å². The zero-order valence-electron chi connectivity index (χ0n) is 12.6. The number of carbonyl (C=O) groups is 1. The van der Waals surface area contributed by atoms with Crippen LogP contribution in [0.3, 0.4) is 0 Å². The highest BCUT2D eigenvalue weighted by molar-refractivity contribution is 5.85. The highest BCUT2D eigenvalue weighted by Gasteiger charge is 2.06. The summed E-state index contributed by atoms with van der Waals surface area (Å²) in [6.45, 7) is 2.00. The molecule has 2 nitrogen and oxygen atoms in total. The fraction of sp³-hybridized carbons (Fsp3) is 0.105. The van der Waals surface area contributed by atoms with Crippen LogP contribution in [0.15, 0.2) is 66.8 Å². The fourth-order valence-electron chi connectivity index (χ4n) is 2.08. The van der Waals surface area contributed by atoms with Gasteiger partial charge in [-0.05, 0) is 47.9 Å². The molecule has 0 aliphatic heterocycles. The Morgan fingerprint density at radius 3 is 2.09 bits per heavy atom. The lowest BCUT2D eigenvalue weighted by Gasteiger charge is -2.08. The van der Waals surface area contributed by atoms with Crippen LogP contribution in [0, 0.1) is 11.6 Å². The Kier molecular flexibility index (Phi) is 5.80. The lowest BCUT2D eigenvalue weighted by Crippen LogP contribution is -1.98. The number of carbonyl (C=O) groups excluding carboxylic acids is 1. The Hall–Kier alpha value is -2.75. The van der Waals surface area contributed by atoms with Crippen LogP contribution in [0.1, 0.15) is 18.1 Å². The third-order valence-electron chi connectivity index (χ3n) is 3.05. The molecule has 2 aromatic carbocycles. The summed E-state index contributed by atoms with van der Waals surface area (Å²) in [7, 11) is 0. The van der Waals surface area contributed by atoms with E-state index in [0.717, 1.165) is 0 Å². The van der Waals surface area contributed by atoms with E-state index in [2.05, 4.69) is 0 Å². The second-order valence-corrected chi connectivity index (χ2v) is 4.71. The SMILES string of the molecule is CCOC(=O)/C=C/C=C(c1cccc(F)c1)c1cccc(F)c1. The number of halogens is 2. The summed E-state index contributed by atoms with van der Waals surface area (Å²) in [6, 6.07) is 12.0. The van der Waals surface area contributed by atoms with E-state index in [1.54, 1.807) is 37.3 Å². The van der Waals surface area contributed by atoms with Crippen molar-refractivity contribution in [2.75, 3.05) is 6.61 Å². The maximum absolute atomic E-state index is 13.5. The molecule has 2 aromatic rings. The van der Waals surface area contributed by atoms with Crippen LogP contribution in [0.5, 0.6) is 0 Å². The van der Waals surface area contributed by atoms with Gasteiger partial charge in [-0.1, -0.05) is 36.4 Å². The molecule has 0 N–H and O–H groups in total. The van der Waals surface area contributed by atoms with Gasteiger partial charge in [-0.2, -0.15) is 0 Å². The first-order valence-corrected chi connectivity index (χ1v) is 7.17. The molecule has 0 saturated heterocycles. The minimum absolute atomic E-state index is 0.285. The third kappa shape index (κ3) is 4.88. The van der Waals surface area contributed by atoms with E-state index in [9.17, 15) is 13.6 Å². The molecule has 0 aromatic heterocycles. The van der Waals surface area contributed by atoms with Crippen LogP contribution in [0.25, 0.3) is 5.57 Å². The summed E-state index contributed by atoms with van der Waals surface area (Å²) >= 11 is 0. The van der Waals surface area contributed by atoms with Crippen molar-refractivity contribution in [3.8, 4) is 0 Å². The summed E-state index contributed by atoms with van der Waals surface area (Å²) in [5.41, 5.74) is 1.78. The molecule has 0 amide bonds. The van der Waals surface area contributed by atoms with Crippen molar-refractivity contribution in [3.05, 3.63) is 89.5 Å². The third-order valence-corrected chi connectivity index (χ3v) is 3.05. The molecule has 0 spiro atoms. The van der Waals surface area contributed by atoms with Crippen molar-refractivity contribution in [3.63, 3.8) is 0 Å². The van der Waals surface area contributed by atoms with Crippen LogP contribution in [-0.2, 0) is 9.53 Å². The van der Waals surface area contributed by atoms with Gasteiger partial charge in [0.15, 0.2) is 0 Å². The molecule has 0 heterocycles. The predicted octanol–water partition coefficient (Wildman–Crippen LogP) is 4.52. The number of hydrogen-bond acceptors (Lipinski definition) is 2. The largest absolute Gasteiger partial charge is 0.463 e. The van der Waals surface area contributed by atoms with Crippen molar-refractivity contribution in [2.45, 2.75) is 6.92 Å². The molecular formula is C19H16F2O2.